The Morgan fingerprint density at radius 2 is 1.88 bits per heavy atom. The first-order valence-electron chi connectivity index (χ1n) is 5.53. The maximum absolute atomic E-state index is 5.34. The summed E-state index contributed by atoms with van der Waals surface area (Å²) in [6.07, 6.45) is 6.67. The molecule has 0 N–H and O–H groups in total. The summed E-state index contributed by atoms with van der Waals surface area (Å²) in [4.78, 5) is 4.00. The van der Waals surface area contributed by atoms with Gasteiger partial charge in [-0.05, 0) is 48.2 Å². The average molecular weight is 226 g/mol. The molecule has 0 fully saturated rings. The van der Waals surface area contributed by atoms with Crippen LogP contribution < -0.4 is 9.47 Å². The maximum atomic E-state index is 5.34. The topological polar surface area (TPSA) is 31.4 Å². The fraction of sp³-hybridized carbons (Fsp3) is 0.143. The van der Waals surface area contributed by atoms with Gasteiger partial charge in [0, 0.05) is 12.4 Å². The van der Waals surface area contributed by atoms with Gasteiger partial charge in [0.15, 0.2) is 11.5 Å². The molecule has 0 saturated carbocycles. The van der Waals surface area contributed by atoms with E-state index in [1.165, 1.54) is 5.56 Å². The van der Waals surface area contributed by atoms with E-state index in [2.05, 4.69) is 11.4 Å². The van der Waals surface area contributed by atoms with Crippen LogP contribution in [-0.2, 0) is 6.42 Å². The van der Waals surface area contributed by atoms with Crippen LogP contribution in [0.2, 0.25) is 0 Å². The van der Waals surface area contributed by atoms with E-state index in [9.17, 15) is 0 Å². The molecule has 1 aromatic carbocycles. The minimum absolute atomic E-state index is 0.323. The number of nitrogens with zero attached hydrogens (tertiary/aromatic N) is 1. The third-order valence-electron chi connectivity index (χ3n) is 2.72. The van der Waals surface area contributed by atoms with Crippen LogP contribution in [0, 0.1) is 6.42 Å². The minimum Gasteiger partial charge on any atom is -0.454 e. The van der Waals surface area contributed by atoms with Gasteiger partial charge in [-0.3, -0.25) is 4.98 Å². The summed E-state index contributed by atoms with van der Waals surface area (Å²) in [5.74, 6) is 1.65. The van der Waals surface area contributed by atoms with Gasteiger partial charge < -0.3 is 9.47 Å². The van der Waals surface area contributed by atoms with E-state index in [0.29, 0.717) is 6.79 Å². The number of aromatic nitrogens is 1. The van der Waals surface area contributed by atoms with Crippen molar-refractivity contribution in [3.05, 3.63) is 60.3 Å². The monoisotopic (exact) mass is 226 g/mol. The molecule has 0 spiro atoms. The highest BCUT2D eigenvalue weighted by Gasteiger charge is 2.12. The van der Waals surface area contributed by atoms with E-state index < -0.39 is 0 Å². The standard InChI is InChI=1S/C14H12NO2/c1(11-5-7-15-8-6-11)2-12-3-4-13-14(9-12)17-10-16-13/h2-9H,1,10H2. The number of hydrogen-bond donors (Lipinski definition) is 0. The van der Waals surface area contributed by atoms with Crippen LogP contribution in [0.1, 0.15) is 11.1 Å². The molecule has 0 bridgehead atoms. The van der Waals surface area contributed by atoms with Crippen molar-refractivity contribution in [1.82, 2.24) is 4.98 Å². The Hall–Kier alpha value is -2.03. The predicted molar refractivity (Wildman–Crippen MR) is 63.9 cm³/mol. The van der Waals surface area contributed by atoms with E-state index in [4.69, 9.17) is 9.47 Å². The van der Waals surface area contributed by atoms with Gasteiger partial charge in [0.25, 0.3) is 0 Å². The maximum Gasteiger partial charge on any atom is 0.231 e. The molecule has 3 nitrogen and oxygen atoms in total. The van der Waals surface area contributed by atoms with Crippen LogP contribution in [0.4, 0.5) is 0 Å². The molecule has 0 saturated heterocycles. The zero-order chi connectivity index (χ0) is 11.5. The van der Waals surface area contributed by atoms with Crippen molar-refractivity contribution >= 4 is 0 Å². The summed E-state index contributed by atoms with van der Waals surface area (Å²) in [5, 5.41) is 0. The summed E-state index contributed by atoms with van der Waals surface area (Å²) in [5.41, 5.74) is 2.39. The van der Waals surface area contributed by atoms with Gasteiger partial charge in [-0.1, -0.05) is 6.07 Å². The van der Waals surface area contributed by atoms with Crippen molar-refractivity contribution < 1.29 is 9.47 Å². The van der Waals surface area contributed by atoms with Crippen molar-refractivity contribution in [2.75, 3.05) is 6.79 Å². The van der Waals surface area contributed by atoms with Gasteiger partial charge in [-0.2, -0.15) is 0 Å². The van der Waals surface area contributed by atoms with Crippen LogP contribution in [0.15, 0.2) is 42.7 Å². The van der Waals surface area contributed by atoms with Crippen molar-refractivity contribution in [2.24, 2.45) is 0 Å². The highest BCUT2D eigenvalue weighted by Crippen LogP contribution is 2.33. The van der Waals surface area contributed by atoms with Gasteiger partial charge >= 0.3 is 0 Å². The number of fused-ring (bicyclic) bond motifs is 1. The number of rotatable bonds is 3. The zero-order valence-corrected chi connectivity index (χ0v) is 9.30. The first-order valence-corrected chi connectivity index (χ1v) is 5.53. The number of hydrogen-bond acceptors (Lipinski definition) is 3. The second kappa shape index (κ2) is 4.45. The van der Waals surface area contributed by atoms with Crippen molar-refractivity contribution in [2.45, 2.75) is 6.42 Å². The highest BCUT2D eigenvalue weighted by molar-refractivity contribution is 5.46. The molecular weight excluding hydrogens is 214 g/mol. The summed E-state index contributed by atoms with van der Waals surface area (Å²) < 4.78 is 10.6. The van der Waals surface area contributed by atoms with Crippen molar-refractivity contribution in [3.63, 3.8) is 0 Å². The van der Waals surface area contributed by atoms with Gasteiger partial charge in [0.1, 0.15) is 0 Å². The van der Waals surface area contributed by atoms with Crippen molar-refractivity contribution in [3.8, 4) is 11.5 Å². The van der Waals surface area contributed by atoms with Crippen LogP contribution in [0.3, 0.4) is 0 Å². The fourth-order valence-corrected chi connectivity index (χ4v) is 1.79. The summed E-state index contributed by atoms with van der Waals surface area (Å²) in [6, 6.07) is 10.0. The third kappa shape index (κ3) is 2.23. The lowest BCUT2D eigenvalue weighted by molar-refractivity contribution is 0.174. The number of ether oxygens (including phenoxy) is 2. The predicted octanol–water partition coefficient (Wildman–Crippen LogP) is 2.61. The van der Waals surface area contributed by atoms with E-state index in [0.717, 1.165) is 23.5 Å². The Kier molecular flexibility index (Phi) is 2.66. The second-order valence-electron chi connectivity index (χ2n) is 3.88. The van der Waals surface area contributed by atoms with Crippen LogP contribution >= 0.6 is 0 Å². The molecule has 1 aromatic heterocycles. The first kappa shape index (κ1) is 10.1. The molecule has 2 heterocycles. The van der Waals surface area contributed by atoms with Crippen LogP contribution in [-0.4, -0.2) is 11.8 Å². The van der Waals surface area contributed by atoms with E-state index in [1.54, 1.807) is 0 Å². The molecule has 1 radical (unpaired) electrons. The lowest BCUT2D eigenvalue weighted by Gasteiger charge is -2.03. The molecule has 17 heavy (non-hydrogen) atoms. The molecular formula is C14H12NO2. The molecule has 3 heteroatoms. The lowest BCUT2D eigenvalue weighted by Crippen LogP contribution is -1.93. The Balaban J connectivity index is 1.70. The molecule has 2 aromatic rings. The Morgan fingerprint density at radius 1 is 1.06 bits per heavy atom. The molecule has 1 aliphatic heterocycles. The van der Waals surface area contributed by atoms with Crippen molar-refractivity contribution in [1.29, 1.82) is 0 Å². The van der Waals surface area contributed by atoms with Gasteiger partial charge in [0.05, 0.1) is 0 Å². The molecule has 0 unspecified atom stereocenters. The first-order chi connectivity index (χ1) is 8.42. The largest absolute Gasteiger partial charge is 0.454 e. The lowest BCUT2D eigenvalue weighted by atomic mass is 10.1. The molecule has 0 amide bonds. The highest BCUT2D eigenvalue weighted by atomic mass is 16.7. The number of benzene rings is 1. The second-order valence-corrected chi connectivity index (χ2v) is 3.88. The summed E-state index contributed by atoms with van der Waals surface area (Å²) >= 11 is 0. The minimum atomic E-state index is 0.323. The Morgan fingerprint density at radius 3 is 2.76 bits per heavy atom. The van der Waals surface area contributed by atoms with Gasteiger partial charge in [0.2, 0.25) is 6.79 Å². The molecule has 0 aliphatic carbocycles. The van der Waals surface area contributed by atoms with Gasteiger partial charge in [-0.25, -0.2) is 0 Å². The SMILES string of the molecule is [CH](Cc1ccncc1)c1ccc2c(c1)OCO2. The van der Waals surface area contributed by atoms with E-state index in [1.807, 2.05) is 42.7 Å². The van der Waals surface area contributed by atoms with E-state index in [-0.39, 0.29) is 0 Å². The summed E-state index contributed by atoms with van der Waals surface area (Å²) in [7, 11) is 0. The smallest absolute Gasteiger partial charge is 0.231 e. The normalized spacial score (nSPS) is 12.7. The third-order valence-corrected chi connectivity index (χ3v) is 2.72. The quantitative estimate of drug-likeness (QED) is 0.806. The van der Waals surface area contributed by atoms with Crippen LogP contribution in [0.25, 0.3) is 0 Å². The molecule has 3 rings (SSSR count). The number of pyridine rings is 1. The summed E-state index contributed by atoms with van der Waals surface area (Å²) in [6.45, 7) is 0.323. The average Bonchev–Trinajstić information content (AvgIpc) is 2.85. The molecule has 85 valence electrons. The zero-order valence-electron chi connectivity index (χ0n) is 9.30. The van der Waals surface area contributed by atoms with E-state index >= 15 is 0 Å². The van der Waals surface area contributed by atoms with Crippen LogP contribution in [0.5, 0.6) is 11.5 Å². The molecule has 1 aliphatic rings. The Labute approximate surface area is 100 Å². The van der Waals surface area contributed by atoms with Gasteiger partial charge in [-0.15, -0.1) is 0 Å². The fourth-order valence-electron chi connectivity index (χ4n) is 1.79. The Bertz CT molecular complexity index is 511. The molecule has 0 atom stereocenters.